The van der Waals surface area contributed by atoms with Gasteiger partial charge in [0.05, 0.1) is 17.9 Å². The van der Waals surface area contributed by atoms with Crippen molar-refractivity contribution in [3.05, 3.63) is 24.3 Å². The number of hydrogen-bond donors (Lipinski definition) is 1. The molecule has 1 heterocycles. The lowest BCUT2D eigenvalue weighted by molar-refractivity contribution is -0.144. The molecular weight excluding hydrogens is 350 g/mol. The van der Waals surface area contributed by atoms with Gasteiger partial charge in [0.1, 0.15) is 5.75 Å². The zero-order valence-electron chi connectivity index (χ0n) is 14.0. The second-order valence-electron chi connectivity index (χ2n) is 5.78. The smallest absolute Gasteiger partial charge is 0.343 e. The lowest BCUT2D eigenvalue weighted by Crippen LogP contribution is -2.48. The van der Waals surface area contributed by atoms with Crippen LogP contribution in [0.4, 0.5) is 0 Å². The fourth-order valence-corrected chi connectivity index (χ4v) is 4.53. The van der Waals surface area contributed by atoms with Gasteiger partial charge in [0, 0.05) is 12.6 Å². The molecule has 0 aromatic heterocycles. The second kappa shape index (κ2) is 7.83. The molecule has 138 valence electrons. The molecule has 1 aliphatic heterocycles. The van der Waals surface area contributed by atoms with Crippen molar-refractivity contribution in [3.8, 4) is 5.75 Å². The van der Waals surface area contributed by atoms with E-state index in [1.165, 1.54) is 35.7 Å². The fraction of sp³-hybridized carbons (Fsp3) is 0.500. The Labute approximate surface area is 146 Å². The van der Waals surface area contributed by atoms with E-state index in [0.717, 1.165) is 0 Å². The van der Waals surface area contributed by atoms with Crippen LogP contribution in [0.1, 0.15) is 19.8 Å². The van der Waals surface area contributed by atoms with Crippen molar-refractivity contribution in [2.75, 3.05) is 20.3 Å². The Balaban J connectivity index is 2.16. The number of rotatable bonds is 6. The molecule has 8 nitrogen and oxygen atoms in total. The zero-order chi connectivity index (χ0) is 18.6. The summed E-state index contributed by atoms with van der Waals surface area (Å²) in [5.41, 5.74) is 0. The Morgan fingerprint density at radius 3 is 2.48 bits per heavy atom. The maximum absolute atomic E-state index is 12.8. The van der Waals surface area contributed by atoms with Crippen molar-refractivity contribution in [1.82, 2.24) is 4.31 Å². The van der Waals surface area contributed by atoms with E-state index >= 15 is 0 Å². The summed E-state index contributed by atoms with van der Waals surface area (Å²) in [4.78, 5) is 22.4. The summed E-state index contributed by atoms with van der Waals surface area (Å²) in [7, 11) is -2.57. The normalized spacial score (nSPS) is 21.5. The van der Waals surface area contributed by atoms with Crippen molar-refractivity contribution in [1.29, 1.82) is 0 Å². The predicted molar refractivity (Wildman–Crippen MR) is 87.7 cm³/mol. The number of hydrogen-bond acceptors (Lipinski definition) is 6. The number of carbonyl (C=O) groups excluding carboxylic acids is 1. The molecule has 0 aliphatic carbocycles. The average Bonchev–Trinajstić information content (AvgIpc) is 2.59. The summed E-state index contributed by atoms with van der Waals surface area (Å²) in [6.07, 6.45) is 0.962. The minimum Gasteiger partial charge on any atom is -0.482 e. The molecule has 1 aliphatic rings. The highest BCUT2D eigenvalue weighted by atomic mass is 32.2. The summed E-state index contributed by atoms with van der Waals surface area (Å²) >= 11 is 0. The Hall–Kier alpha value is -2.13. The Morgan fingerprint density at radius 2 is 1.92 bits per heavy atom. The van der Waals surface area contributed by atoms with Crippen molar-refractivity contribution in [2.24, 2.45) is 5.92 Å². The van der Waals surface area contributed by atoms with Crippen LogP contribution < -0.4 is 4.74 Å². The molecule has 0 bridgehead atoms. The summed E-state index contributed by atoms with van der Waals surface area (Å²) in [6, 6.07) is 5.02. The number of benzene rings is 1. The number of aliphatic carboxylic acids is 1. The van der Waals surface area contributed by atoms with E-state index in [1.807, 2.05) is 0 Å². The maximum Gasteiger partial charge on any atom is 0.343 e. The van der Waals surface area contributed by atoms with Crippen LogP contribution in [-0.4, -0.2) is 56.1 Å². The lowest BCUT2D eigenvalue weighted by Gasteiger charge is -2.36. The molecule has 9 heteroatoms. The van der Waals surface area contributed by atoms with Gasteiger partial charge in [0.25, 0.3) is 0 Å². The van der Waals surface area contributed by atoms with Gasteiger partial charge in [0.15, 0.2) is 6.61 Å². The molecule has 0 spiro atoms. The predicted octanol–water partition coefficient (Wildman–Crippen LogP) is 1.11. The third kappa shape index (κ3) is 4.29. The first-order valence-electron chi connectivity index (χ1n) is 7.81. The van der Waals surface area contributed by atoms with Gasteiger partial charge in [-0.1, -0.05) is 0 Å². The van der Waals surface area contributed by atoms with Gasteiger partial charge in [-0.2, -0.15) is 4.31 Å². The van der Waals surface area contributed by atoms with E-state index in [-0.39, 0.29) is 18.0 Å². The molecule has 1 saturated heterocycles. The third-order valence-electron chi connectivity index (χ3n) is 4.26. The number of sulfonamides is 1. The molecule has 25 heavy (non-hydrogen) atoms. The second-order valence-corrected chi connectivity index (χ2v) is 7.67. The van der Waals surface area contributed by atoms with Gasteiger partial charge in [0.2, 0.25) is 10.0 Å². The fourth-order valence-electron chi connectivity index (χ4n) is 2.83. The first kappa shape index (κ1) is 19.2. The lowest BCUT2D eigenvalue weighted by atomic mass is 9.92. The van der Waals surface area contributed by atoms with E-state index < -0.39 is 33.9 Å². The summed E-state index contributed by atoms with van der Waals surface area (Å²) in [5, 5.41) is 9.25. The van der Waals surface area contributed by atoms with Crippen LogP contribution in [0.2, 0.25) is 0 Å². The van der Waals surface area contributed by atoms with E-state index in [4.69, 9.17) is 4.74 Å². The van der Waals surface area contributed by atoms with Gasteiger partial charge in [-0.25, -0.2) is 13.2 Å². The van der Waals surface area contributed by atoms with Gasteiger partial charge < -0.3 is 14.6 Å². The topological polar surface area (TPSA) is 110 Å². The molecule has 0 saturated carbocycles. The quantitative estimate of drug-likeness (QED) is 0.746. The molecule has 1 fully saturated rings. The number of ether oxygens (including phenoxy) is 2. The SMILES string of the molecule is COC(=O)COc1ccc(S(=O)(=O)N2CCC[C@H](C(=O)O)[C@@H]2C)cc1. The summed E-state index contributed by atoms with van der Waals surface area (Å²) in [5.74, 6) is -1.91. The number of carboxylic acid groups (broad SMARTS) is 1. The Morgan fingerprint density at radius 1 is 1.28 bits per heavy atom. The molecule has 1 aromatic rings. The first-order chi connectivity index (χ1) is 11.8. The van der Waals surface area contributed by atoms with Gasteiger partial charge in [-0.15, -0.1) is 0 Å². The minimum atomic E-state index is -3.81. The largest absolute Gasteiger partial charge is 0.482 e. The molecule has 2 atom stereocenters. The van der Waals surface area contributed by atoms with E-state index in [9.17, 15) is 23.1 Å². The molecular formula is C16H21NO7S. The minimum absolute atomic E-state index is 0.0517. The van der Waals surface area contributed by atoms with Gasteiger partial charge in [-0.3, -0.25) is 4.79 Å². The number of nitrogens with zero attached hydrogens (tertiary/aromatic N) is 1. The molecule has 1 N–H and O–H groups in total. The maximum atomic E-state index is 12.8. The van der Waals surface area contributed by atoms with E-state index in [0.29, 0.717) is 18.6 Å². The van der Waals surface area contributed by atoms with Gasteiger partial charge in [-0.05, 0) is 44.0 Å². The number of esters is 1. The van der Waals surface area contributed by atoms with Crippen LogP contribution in [0.25, 0.3) is 0 Å². The third-order valence-corrected chi connectivity index (χ3v) is 6.26. The monoisotopic (exact) mass is 371 g/mol. The molecule has 0 amide bonds. The van der Waals surface area contributed by atoms with Crippen molar-refractivity contribution >= 4 is 22.0 Å². The van der Waals surface area contributed by atoms with Crippen molar-refractivity contribution < 1.29 is 32.6 Å². The molecule has 0 unspecified atom stereocenters. The molecule has 2 rings (SSSR count). The summed E-state index contributed by atoms with van der Waals surface area (Å²) in [6.45, 7) is 1.63. The Bertz CT molecular complexity index is 729. The van der Waals surface area contributed by atoms with Crippen LogP contribution in [-0.2, 0) is 24.3 Å². The summed E-state index contributed by atoms with van der Waals surface area (Å²) < 4.78 is 36.5. The number of piperidine rings is 1. The van der Waals surface area contributed by atoms with Crippen LogP contribution in [0.5, 0.6) is 5.75 Å². The highest BCUT2D eigenvalue weighted by Crippen LogP contribution is 2.30. The van der Waals surface area contributed by atoms with Crippen molar-refractivity contribution in [2.45, 2.75) is 30.7 Å². The van der Waals surface area contributed by atoms with Crippen LogP contribution in [0.15, 0.2) is 29.2 Å². The number of carbonyl (C=O) groups is 2. The van der Waals surface area contributed by atoms with Crippen molar-refractivity contribution in [3.63, 3.8) is 0 Å². The van der Waals surface area contributed by atoms with Crippen LogP contribution in [0, 0.1) is 5.92 Å². The molecule has 1 aromatic carbocycles. The zero-order valence-corrected chi connectivity index (χ0v) is 14.9. The highest BCUT2D eigenvalue weighted by Gasteiger charge is 2.39. The Kier molecular flexibility index (Phi) is 6.02. The van der Waals surface area contributed by atoms with Crippen LogP contribution >= 0.6 is 0 Å². The average molecular weight is 371 g/mol. The van der Waals surface area contributed by atoms with Crippen LogP contribution in [0.3, 0.4) is 0 Å². The number of methoxy groups -OCH3 is 1. The van der Waals surface area contributed by atoms with E-state index in [1.54, 1.807) is 6.92 Å². The first-order valence-corrected chi connectivity index (χ1v) is 9.25. The standard InChI is InChI=1S/C16H21NO7S/c1-11-14(16(19)20)4-3-9-17(11)25(21,22)13-7-5-12(6-8-13)24-10-15(18)23-2/h5-8,11,14H,3-4,9-10H2,1-2H3,(H,19,20)/t11-,14-/m0/s1. The number of carboxylic acids is 1. The molecule has 0 radical (unpaired) electrons. The van der Waals surface area contributed by atoms with E-state index in [2.05, 4.69) is 4.74 Å². The highest BCUT2D eigenvalue weighted by molar-refractivity contribution is 7.89. The van der Waals surface area contributed by atoms with Gasteiger partial charge >= 0.3 is 11.9 Å².